The number of aryl methyl sites for hydroxylation is 2. The molecule has 36 heavy (non-hydrogen) atoms. The first-order valence-electron chi connectivity index (χ1n) is 12.5. The number of carbonyl (C=O) groups excluding carboxylic acids is 1. The van der Waals surface area contributed by atoms with E-state index in [0.29, 0.717) is 60.7 Å². The van der Waals surface area contributed by atoms with Gasteiger partial charge < -0.3 is 19.5 Å². The molecule has 2 saturated heterocycles. The van der Waals surface area contributed by atoms with Gasteiger partial charge in [-0.1, -0.05) is 30.3 Å². The van der Waals surface area contributed by atoms with Gasteiger partial charge in [0.25, 0.3) is 0 Å². The maximum atomic E-state index is 13.5. The van der Waals surface area contributed by atoms with Crippen molar-refractivity contribution in [2.75, 3.05) is 40.0 Å². The summed E-state index contributed by atoms with van der Waals surface area (Å²) in [6, 6.07) is 12.7. The molecule has 9 heteroatoms. The van der Waals surface area contributed by atoms with Crippen molar-refractivity contribution in [3.8, 4) is 5.75 Å². The van der Waals surface area contributed by atoms with Crippen LogP contribution in [0.4, 0.5) is 0 Å². The molecule has 2 aromatic rings. The van der Waals surface area contributed by atoms with Crippen molar-refractivity contribution >= 4 is 15.9 Å². The third kappa shape index (κ3) is 5.44. The van der Waals surface area contributed by atoms with Gasteiger partial charge in [-0.15, -0.1) is 0 Å². The molecule has 1 atom stereocenters. The van der Waals surface area contributed by atoms with Crippen molar-refractivity contribution in [3.05, 3.63) is 59.2 Å². The second kappa shape index (κ2) is 10.9. The standard InChI is InChI=1S/C27H36N2O6S/c1-20-16-24(34-3)17-21(2)26(20)36(32,33)29-13-7-10-23(29)18-35-19-25(30)28-14-11-27(31,12-15-28)22-8-5-4-6-9-22/h4-6,8-9,16-17,23,31H,7,10-15,18-19H2,1-3H3/t23-/m0/s1. The Labute approximate surface area is 213 Å². The Morgan fingerprint density at radius 1 is 1.08 bits per heavy atom. The number of carbonyl (C=O) groups is 1. The summed E-state index contributed by atoms with van der Waals surface area (Å²) in [5, 5.41) is 11.0. The highest BCUT2D eigenvalue weighted by atomic mass is 32.2. The first-order chi connectivity index (χ1) is 17.2. The number of hydrogen-bond acceptors (Lipinski definition) is 6. The maximum absolute atomic E-state index is 13.5. The van der Waals surface area contributed by atoms with Gasteiger partial charge in [-0.25, -0.2) is 8.42 Å². The maximum Gasteiger partial charge on any atom is 0.248 e. The molecule has 0 aliphatic carbocycles. The summed E-state index contributed by atoms with van der Waals surface area (Å²) >= 11 is 0. The van der Waals surface area contributed by atoms with E-state index in [1.54, 1.807) is 38.0 Å². The van der Waals surface area contributed by atoms with E-state index in [-0.39, 0.29) is 25.2 Å². The number of sulfonamides is 1. The molecule has 0 unspecified atom stereocenters. The molecule has 2 heterocycles. The van der Waals surface area contributed by atoms with E-state index in [9.17, 15) is 18.3 Å². The topological polar surface area (TPSA) is 96.4 Å². The monoisotopic (exact) mass is 516 g/mol. The van der Waals surface area contributed by atoms with Gasteiger partial charge in [-0.05, 0) is 68.4 Å². The van der Waals surface area contributed by atoms with Gasteiger partial charge in [0.2, 0.25) is 15.9 Å². The van der Waals surface area contributed by atoms with E-state index in [4.69, 9.17) is 9.47 Å². The van der Waals surface area contributed by atoms with Crippen LogP contribution >= 0.6 is 0 Å². The lowest BCUT2D eigenvalue weighted by Crippen LogP contribution is -2.46. The number of amides is 1. The van der Waals surface area contributed by atoms with Gasteiger partial charge in [0.05, 0.1) is 24.2 Å². The van der Waals surface area contributed by atoms with E-state index < -0.39 is 15.6 Å². The van der Waals surface area contributed by atoms with Gasteiger partial charge in [-0.2, -0.15) is 4.31 Å². The normalized spacial score (nSPS) is 20.4. The smallest absolute Gasteiger partial charge is 0.248 e. The van der Waals surface area contributed by atoms with Crippen LogP contribution in [0.2, 0.25) is 0 Å². The highest BCUT2D eigenvalue weighted by Crippen LogP contribution is 2.34. The van der Waals surface area contributed by atoms with Crippen molar-refractivity contribution < 1.29 is 27.8 Å². The Hall–Kier alpha value is -2.46. The van der Waals surface area contributed by atoms with Gasteiger partial charge in [0.15, 0.2) is 0 Å². The number of likely N-dealkylation sites (tertiary alicyclic amines) is 1. The zero-order valence-electron chi connectivity index (χ0n) is 21.3. The van der Waals surface area contributed by atoms with E-state index in [1.165, 1.54) is 4.31 Å². The fourth-order valence-electron chi connectivity index (χ4n) is 5.38. The highest BCUT2D eigenvalue weighted by molar-refractivity contribution is 7.89. The summed E-state index contributed by atoms with van der Waals surface area (Å²) < 4.78 is 39.6. The Balaban J connectivity index is 1.32. The van der Waals surface area contributed by atoms with Crippen molar-refractivity contribution in [2.24, 2.45) is 0 Å². The molecule has 2 aliphatic rings. The summed E-state index contributed by atoms with van der Waals surface area (Å²) in [7, 11) is -2.15. The van der Waals surface area contributed by atoms with Crippen LogP contribution in [0, 0.1) is 13.8 Å². The number of ether oxygens (including phenoxy) is 2. The number of rotatable bonds is 8. The molecule has 2 aliphatic heterocycles. The largest absolute Gasteiger partial charge is 0.497 e. The quantitative estimate of drug-likeness (QED) is 0.580. The summed E-state index contributed by atoms with van der Waals surface area (Å²) in [5.74, 6) is 0.489. The third-order valence-corrected chi connectivity index (χ3v) is 9.61. The zero-order chi connectivity index (χ0) is 25.9. The average molecular weight is 517 g/mol. The average Bonchev–Trinajstić information content (AvgIpc) is 3.34. The van der Waals surface area contributed by atoms with Crippen molar-refractivity contribution in [1.82, 2.24) is 9.21 Å². The molecule has 0 spiro atoms. The van der Waals surface area contributed by atoms with Gasteiger partial charge in [0.1, 0.15) is 12.4 Å². The van der Waals surface area contributed by atoms with E-state index in [0.717, 1.165) is 12.0 Å². The zero-order valence-corrected chi connectivity index (χ0v) is 22.1. The fourth-order valence-corrected chi connectivity index (χ4v) is 7.48. The molecule has 1 N–H and O–H groups in total. The second-order valence-electron chi connectivity index (χ2n) is 9.80. The van der Waals surface area contributed by atoms with Gasteiger partial charge in [-0.3, -0.25) is 4.79 Å². The molecule has 1 amide bonds. The highest BCUT2D eigenvalue weighted by Gasteiger charge is 2.38. The molecule has 0 radical (unpaired) electrons. The van der Waals surface area contributed by atoms with Gasteiger partial charge in [0, 0.05) is 25.7 Å². The Bertz CT molecular complexity index is 1150. The van der Waals surface area contributed by atoms with Gasteiger partial charge >= 0.3 is 0 Å². The molecular weight excluding hydrogens is 480 g/mol. The predicted molar refractivity (Wildman–Crippen MR) is 136 cm³/mol. The van der Waals surface area contributed by atoms with E-state index in [2.05, 4.69) is 0 Å². The van der Waals surface area contributed by atoms with Crippen LogP contribution in [-0.2, 0) is 25.2 Å². The number of benzene rings is 2. The first-order valence-corrected chi connectivity index (χ1v) is 13.9. The SMILES string of the molecule is COc1cc(C)c(S(=O)(=O)N2CCC[C@H]2COCC(=O)N2CCC(O)(c3ccccc3)CC2)c(C)c1. The predicted octanol–water partition coefficient (Wildman–Crippen LogP) is 2.99. The van der Waals surface area contributed by atoms with Crippen LogP contribution in [-0.4, -0.2) is 74.6 Å². The molecule has 4 rings (SSSR count). The molecule has 196 valence electrons. The molecule has 2 aromatic carbocycles. The van der Waals surface area contributed by atoms with Crippen LogP contribution in [0.3, 0.4) is 0 Å². The van der Waals surface area contributed by atoms with Crippen LogP contribution in [0.25, 0.3) is 0 Å². The number of piperidine rings is 1. The minimum atomic E-state index is -3.71. The van der Waals surface area contributed by atoms with Crippen LogP contribution in [0.15, 0.2) is 47.4 Å². The van der Waals surface area contributed by atoms with Crippen molar-refractivity contribution in [1.29, 1.82) is 0 Å². The minimum absolute atomic E-state index is 0.102. The van der Waals surface area contributed by atoms with E-state index in [1.807, 2.05) is 30.3 Å². The molecule has 0 bridgehead atoms. The molecule has 0 saturated carbocycles. The Kier molecular flexibility index (Phi) is 8.04. The fraction of sp³-hybridized carbons (Fsp3) is 0.519. The van der Waals surface area contributed by atoms with Crippen molar-refractivity contribution in [3.63, 3.8) is 0 Å². The summed E-state index contributed by atoms with van der Waals surface area (Å²) in [5.41, 5.74) is 1.25. The van der Waals surface area contributed by atoms with Crippen molar-refractivity contribution in [2.45, 2.75) is 56.1 Å². The number of hydrogen-bond donors (Lipinski definition) is 1. The summed E-state index contributed by atoms with van der Waals surface area (Å²) in [6.45, 7) is 4.95. The number of nitrogens with zero attached hydrogens (tertiary/aromatic N) is 2. The Morgan fingerprint density at radius 2 is 1.72 bits per heavy atom. The molecule has 8 nitrogen and oxygen atoms in total. The molecular formula is C27H36N2O6S. The van der Waals surface area contributed by atoms with Crippen LogP contribution in [0.5, 0.6) is 5.75 Å². The molecule has 0 aromatic heterocycles. The first kappa shape index (κ1) is 26.6. The second-order valence-corrected chi connectivity index (χ2v) is 11.6. The number of aliphatic hydroxyl groups is 1. The Morgan fingerprint density at radius 3 is 2.33 bits per heavy atom. The summed E-state index contributed by atoms with van der Waals surface area (Å²) in [6.07, 6.45) is 2.38. The lowest BCUT2D eigenvalue weighted by atomic mass is 9.84. The lowest BCUT2D eigenvalue weighted by Gasteiger charge is -2.38. The number of methoxy groups -OCH3 is 1. The van der Waals surface area contributed by atoms with Crippen LogP contribution in [0.1, 0.15) is 42.4 Å². The van der Waals surface area contributed by atoms with E-state index >= 15 is 0 Å². The lowest BCUT2D eigenvalue weighted by molar-refractivity contribution is -0.141. The minimum Gasteiger partial charge on any atom is -0.497 e. The molecule has 2 fully saturated rings. The van der Waals surface area contributed by atoms with Crippen LogP contribution < -0.4 is 4.74 Å². The third-order valence-electron chi connectivity index (χ3n) is 7.35. The summed E-state index contributed by atoms with van der Waals surface area (Å²) in [4.78, 5) is 14.8.